The largest absolute Gasteiger partial charge is 0.418 e. The average molecular weight is 492 g/mol. The smallest absolute Gasteiger partial charge is 0.374 e. The molecule has 6 nitrogen and oxygen atoms in total. The monoisotopic (exact) mass is 491 g/mol. The number of halogens is 4. The van der Waals surface area contributed by atoms with E-state index in [9.17, 15) is 26.1 Å². The number of benzene rings is 2. The fourth-order valence-electron chi connectivity index (χ4n) is 3.91. The molecule has 0 saturated heterocycles. The third kappa shape index (κ3) is 4.63. The molecule has 11 heteroatoms. The number of H-pyrrole nitrogens is 1. The molecule has 32 heavy (non-hydrogen) atoms. The fraction of sp³-hybridized carbons (Fsp3) is 0.381. The topological polar surface area (TPSA) is 83.3 Å². The van der Waals surface area contributed by atoms with Crippen molar-refractivity contribution in [2.45, 2.75) is 50.9 Å². The van der Waals surface area contributed by atoms with E-state index >= 15 is 0 Å². The quantitative estimate of drug-likeness (QED) is 0.350. The number of alkyl halides is 3. The summed E-state index contributed by atoms with van der Waals surface area (Å²) in [4.78, 5) is 2.72. The number of fused-ring (bicyclic) bond motifs is 1. The lowest BCUT2D eigenvalue weighted by molar-refractivity contribution is -0.668. The van der Waals surface area contributed by atoms with Gasteiger partial charge in [-0.05, 0) is 19.4 Å². The van der Waals surface area contributed by atoms with Gasteiger partial charge in [-0.15, -0.1) is 0 Å². The first-order valence-electron chi connectivity index (χ1n) is 9.88. The number of aryl methyl sites for hydroxylation is 1. The molecule has 174 valence electrons. The minimum Gasteiger partial charge on any atom is -0.374 e. The van der Waals surface area contributed by atoms with Crippen molar-refractivity contribution in [1.82, 2.24) is 4.98 Å². The van der Waals surface area contributed by atoms with Gasteiger partial charge in [0.2, 0.25) is 0 Å². The van der Waals surface area contributed by atoms with Crippen LogP contribution in [0.3, 0.4) is 0 Å². The number of nitrogens with one attached hydrogen (secondary N) is 1. The van der Waals surface area contributed by atoms with Crippen molar-refractivity contribution in [3.8, 4) is 0 Å². The van der Waals surface area contributed by atoms with Gasteiger partial charge in [-0.25, -0.2) is 9.55 Å². The number of rotatable bonds is 7. The molecule has 1 atom stereocenters. The summed E-state index contributed by atoms with van der Waals surface area (Å²) < 4.78 is 82.2. The van der Waals surface area contributed by atoms with Crippen LogP contribution in [0, 0.1) is 6.92 Å². The molecule has 0 aliphatic carbocycles. The van der Waals surface area contributed by atoms with Crippen molar-refractivity contribution in [2.24, 2.45) is 0 Å². The van der Waals surface area contributed by atoms with Gasteiger partial charge in [-0.2, -0.15) is 21.6 Å². The number of ether oxygens (including phenoxy) is 1. The van der Waals surface area contributed by atoms with Gasteiger partial charge in [-0.3, -0.25) is 4.55 Å². The first-order chi connectivity index (χ1) is 14.9. The van der Waals surface area contributed by atoms with Gasteiger partial charge in [0.05, 0.1) is 16.7 Å². The summed E-state index contributed by atoms with van der Waals surface area (Å²) >= 11 is 6.14. The Morgan fingerprint density at radius 3 is 2.47 bits per heavy atom. The Kier molecular flexibility index (Phi) is 6.90. The highest BCUT2D eigenvalue weighted by atomic mass is 35.5. The predicted octanol–water partition coefficient (Wildman–Crippen LogP) is 5.22. The highest BCUT2D eigenvalue weighted by Gasteiger charge is 2.41. The third-order valence-corrected chi connectivity index (χ3v) is 6.47. The van der Waals surface area contributed by atoms with E-state index in [-0.39, 0.29) is 41.1 Å². The Morgan fingerprint density at radius 2 is 1.91 bits per heavy atom. The van der Waals surface area contributed by atoms with Crippen molar-refractivity contribution in [1.29, 1.82) is 0 Å². The van der Waals surface area contributed by atoms with E-state index in [1.165, 1.54) is 24.3 Å². The van der Waals surface area contributed by atoms with Crippen LogP contribution in [0.5, 0.6) is 0 Å². The van der Waals surface area contributed by atoms with Crippen molar-refractivity contribution in [2.75, 3.05) is 6.61 Å². The maximum atomic E-state index is 14.0. The highest BCUT2D eigenvalue weighted by molar-refractivity contribution is 7.85. The maximum absolute atomic E-state index is 14.0. The van der Waals surface area contributed by atoms with E-state index in [0.717, 1.165) is 0 Å². The Bertz CT molecular complexity index is 1260. The second kappa shape index (κ2) is 9.01. The molecule has 0 amide bonds. The first-order valence-corrected chi connectivity index (χ1v) is 11.7. The maximum Gasteiger partial charge on any atom is 0.418 e. The van der Waals surface area contributed by atoms with Crippen molar-refractivity contribution < 1.29 is 35.4 Å². The fourth-order valence-corrected chi connectivity index (χ4v) is 4.93. The number of hydrogen-bond acceptors (Lipinski definition) is 3. The number of hydrogen-bond donors (Lipinski definition) is 2. The summed E-state index contributed by atoms with van der Waals surface area (Å²) in [6.07, 6.45) is -5.27. The van der Waals surface area contributed by atoms with E-state index in [1.807, 2.05) is 0 Å². The molecule has 0 spiro atoms. The lowest BCUT2D eigenvalue weighted by Crippen LogP contribution is -2.37. The normalized spacial score (nSPS) is 13.6. The van der Waals surface area contributed by atoms with Gasteiger partial charge < -0.3 is 4.74 Å². The lowest BCUT2D eigenvalue weighted by Gasteiger charge is -2.21. The summed E-state index contributed by atoms with van der Waals surface area (Å²) in [5.74, 6) is 0.480. The van der Waals surface area contributed by atoms with Crippen LogP contribution in [0.25, 0.3) is 11.0 Å². The van der Waals surface area contributed by atoms with Crippen molar-refractivity contribution in [3.63, 3.8) is 0 Å². The second-order valence-electron chi connectivity index (χ2n) is 7.27. The molecule has 0 fully saturated rings. The number of imidazole rings is 1. The van der Waals surface area contributed by atoms with Gasteiger partial charge in [0.1, 0.15) is 11.4 Å². The van der Waals surface area contributed by atoms with Crippen LogP contribution in [0.2, 0.25) is 5.02 Å². The minimum absolute atomic E-state index is 0.0195. The van der Waals surface area contributed by atoms with E-state index in [2.05, 4.69) is 4.98 Å². The molecular weight excluding hydrogens is 469 g/mol. The van der Waals surface area contributed by atoms with Gasteiger partial charge in [0.25, 0.3) is 15.9 Å². The summed E-state index contributed by atoms with van der Waals surface area (Å²) in [5, 5.41) is -0.478. The van der Waals surface area contributed by atoms with Crippen LogP contribution in [-0.4, -0.2) is 24.6 Å². The Balaban J connectivity index is 2.31. The second-order valence-corrected chi connectivity index (χ2v) is 9.07. The molecule has 1 unspecified atom stereocenters. The molecule has 0 radical (unpaired) electrons. The average Bonchev–Trinajstić information content (AvgIpc) is 2.99. The Labute approximate surface area is 188 Å². The molecule has 2 aromatic carbocycles. The molecule has 0 bridgehead atoms. The third-order valence-electron chi connectivity index (χ3n) is 5.22. The van der Waals surface area contributed by atoms with Crippen LogP contribution < -0.4 is 4.57 Å². The predicted molar refractivity (Wildman–Crippen MR) is 113 cm³/mol. The number of nitrogens with zero attached hydrogens (tertiary/aromatic N) is 1. The van der Waals surface area contributed by atoms with Gasteiger partial charge in [-0.1, -0.05) is 36.7 Å². The van der Waals surface area contributed by atoms with E-state index in [4.69, 9.17) is 16.3 Å². The van der Waals surface area contributed by atoms with E-state index in [0.29, 0.717) is 11.3 Å². The van der Waals surface area contributed by atoms with Crippen LogP contribution in [0.15, 0.2) is 35.2 Å². The SMILES string of the molecule is CCOC(CC)c1c(C(F)(F)F)c(Cl)cc2c1[nH]c(C)[n+]2Cc1ccccc1S(=O)(=O)O. The Hall–Kier alpha value is -2.14. The molecule has 1 heterocycles. The highest BCUT2D eigenvalue weighted by Crippen LogP contribution is 2.44. The molecule has 0 aliphatic rings. The van der Waals surface area contributed by atoms with Gasteiger partial charge >= 0.3 is 6.18 Å². The van der Waals surface area contributed by atoms with Crippen LogP contribution in [-0.2, 0) is 27.6 Å². The van der Waals surface area contributed by atoms with E-state index in [1.54, 1.807) is 31.4 Å². The zero-order chi connectivity index (χ0) is 23.8. The van der Waals surface area contributed by atoms with Gasteiger partial charge in [0.15, 0.2) is 11.0 Å². The lowest BCUT2D eigenvalue weighted by atomic mass is 9.97. The summed E-state index contributed by atoms with van der Waals surface area (Å²) in [6.45, 7) is 5.27. The standard InChI is InChI=1S/C21H22ClF3N2O4S/c1-4-16(31-5-2)18-19(21(23,24)25)14(22)10-15-20(18)26-12(3)27(15)11-13-8-6-7-9-17(13)32(28,29)30/h6-10,16H,4-5,11H2,1-3H3,(H,28,29,30)/p+1. The van der Waals surface area contributed by atoms with Crippen LogP contribution in [0.4, 0.5) is 13.2 Å². The Morgan fingerprint density at radius 1 is 1.25 bits per heavy atom. The zero-order valence-electron chi connectivity index (χ0n) is 17.6. The van der Waals surface area contributed by atoms with Crippen LogP contribution in [0.1, 0.15) is 48.9 Å². The first kappa shape index (κ1) is 24.5. The van der Waals surface area contributed by atoms with Crippen molar-refractivity contribution in [3.05, 3.63) is 57.9 Å². The molecule has 3 aromatic rings. The molecule has 1 aromatic heterocycles. The molecular formula is C21H23ClF3N2O4S+. The molecule has 3 rings (SSSR count). The summed E-state index contributed by atoms with van der Waals surface area (Å²) in [5.41, 5.74) is -0.200. The van der Waals surface area contributed by atoms with Crippen molar-refractivity contribution >= 4 is 32.8 Å². The zero-order valence-corrected chi connectivity index (χ0v) is 19.2. The number of aromatic nitrogens is 2. The van der Waals surface area contributed by atoms with E-state index < -0.39 is 33.0 Å². The molecule has 2 N–H and O–H groups in total. The number of aromatic amines is 1. The summed E-state index contributed by atoms with van der Waals surface area (Å²) in [7, 11) is -4.49. The minimum atomic E-state index is -4.70. The van der Waals surface area contributed by atoms with Crippen LogP contribution >= 0.6 is 11.6 Å². The summed E-state index contributed by atoms with van der Waals surface area (Å²) in [6, 6.07) is 7.07. The van der Waals surface area contributed by atoms with Gasteiger partial charge in [0, 0.05) is 30.7 Å². The molecule has 0 aliphatic heterocycles. The molecule has 0 saturated carbocycles.